The molecule has 0 nitrogen and oxygen atoms in total. The van der Waals surface area contributed by atoms with Crippen LogP contribution in [0.15, 0.2) is 0 Å². The largest absolute Gasteiger partial charge is 0.159 e. The van der Waals surface area contributed by atoms with Crippen LogP contribution >= 0.6 is 11.8 Å². The molecular formula is C39H74S. The van der Waals surface area contributed by atoms with Crippen molar-refractivity contribution in [3.05, 3.63) is 0 Å². The molecule has 0 bridgehead atoms. The standard InChI is InChI=1S/C7H10.C6H8.C6H10.C5H12S.C5H12.C5H8.C4H10.CH4/c1-3-7(2)5-4-6-7;1-3-6(2)4-5-6;1-5-6(2,3)4;1-5(2,3)6-4;1-5(2,3)4;1-4-5(2)3;1-4(2)3;/h1H,4-6H2,2H3;1H,4-5H2,2H3;1H,2-4H3;1-4H3;1-4H3;1,5H,2-3H3;4H,1-3H3;1H4. The van der Waals surface area contributed by atoms with Crippen LogP contribution in [0.1, 0.15) is 157 Å². The molecule has 0 unspecified atom stereocenters. The Balaban J connectivity index is -0.0000000845. The summed E-state index contributed by atoms with van der Waals surface area (Å²) >= 11 is 1.88. The smallest absolute Gasteiger partial charge is 0.0285 e. The Kier molecular flexibility index (Phi) is 32.5. The van der Waals surface area contributed by atoms with Crippen LogP contribution in [0.4, 0.5) is 0 Å². The number of hydrogen-bond donors (Lipinski definition) is 0. The first kappa shape index (κ1) is 51.3. The number of thioether (sulfide) groups is 1. The molecule has 40 heavy (non-hydrogen) atoms. The summed E-state index contributed by atoms with van der Waals surface area (Å²) in [5.74, 6) is 11.9. The minimum atomic E-state index is 0. The van der Waals surface area contributed by atoms with E-state index in [1.54, 1.807) is 0 Å². The highest BCUT2D eigenvalue weighted by Gasteiger charge is 2.34. The van der Waals surface area contributed by atoms with Crippen molar-refractivity contribution in [1.82, 2.24) is 0 Å². The summed E-state index contributed by atoms with van der Waals surface area (Å²) in [7, 11) is 0. The van der Waals surface area contributed by atoms with E-state index in [9.17, 15) is 0 Å². The second-order valence-corrected chi connectivity index (χ2v) is 17.2. The van der Waals surface area contributed by atoms with Crippen LogP contribution in [0.3, 0.4) is 0 Å². The SMILES string of the molecule is C.C#CC(C)(C)C.C#CC(C)C.C#CC1(C)CC1.C#CC1(C)CCC1.CC(C)(C)C.CC(C)C.CSC(C)(C)C. The summed E-state index contributed by atoms with van der Waals surface area (Å²) in [5, 5.41) is 0. The molecule has 0 aromatic carbocycles. The predicted molar refractivity (Wildman–Crippen MR) is 195 cm³/mol. The van der Waals surface area contributed by atoms with Crippen molar-refractivity contribution in [2.24, 2.45) is 33.5 Å². The molecule has 2 aliphatic carbocycles. The molecule has 2 rings (SSSR count). The van der Waals surface area contributed by atoms with E-state index in [1.807, 2.05) is 46.4 Å². The van der Waals surface area contributed by atoms with Crippen molar-refractivity contribution in [1.29, 1.82) is 0 Å². The second-order valence-electron chi connectivity index (χ2n) is 15.5. The Morgan fingerprint density at radius 1 is 0.650 bits per heavy atom. The lowest BCUT2D eigenvalue weighted by Crippen LogP contribution is -2.22. The van der Waals surface area contributed by atoms with Crippen LogP contribution < -0.4 is 0 Å². The first-order valence-electron chi connectivity index (χ1n) is 14.6. The fraction of sp³-hybridized carbons (Fsp3) is 0.795. The first-order valence-corrected chi connectivity index (χ1v) is 15.8. The Hall–Kier alpha value is -1.41. The van der Waals surface area contributed by atoms with Crippen LogP contribution in [-0.2, 0) is 0 Å². The van der Waals surface area contributed by atoms with Crippen molar-refractivity contribution in [2.75, 3.05) is 6.26 Å². The molecule has 2 fully saturated rings. The summed E-state index contributed by atoms with van der Waals surface area (Å²) in [6.07, 6.45) is 28.7. The monoisotopic (exact) mass is 575 g/mol. The fourth-order valence-corrected chi connectivity index (χ4v) is 1.18. The van der Waals surface area contributed by atoms with Crippen LogP contribution in [-0.4, -0.2) is 11.0 Å². The highest BCUT2D eigenvalue weighted by molar-refractivity contribution is 7.99. The molecule has 0 amide bonds. The van der Waals surface area contributed by atoms with E-state index in [4.69, 9.17) is 25.7 Å². The number of rotatable bonds is 0. The van der Waals surface area contributed by atoms with E-state index in [0.717, 1.165) is 5.92 Å². The Bertz CT molecular complexity index is 698. The third kappa shape index (κ3) is 70.8. The average molecular weight is 575 g/mol. The van der Waals surface area contributed by atoms with Crippen molar-refractivity contribution >= 4 is 11.8 Å². The van der Waals surface area contributed by atoms with E-state index in [1.165, 1.54) is 32.1 Å². The zero-order valence-electron chi connectivity index (χ0n) is 29.9. The molecule has 0 spiro atoms. The van der Waals surface area contributed by atoms with Crippen LogP contribution in [0.2, 0.25) is 0 Å². The topological polar surface area (TPSA) is 0 Å². The zero-order chi connectivity index (χ0) is 32.7. The highest BCUT2D eigenvalue weighted by atomic mass is 32.2. The van der Waals surface area contributed by atoms with Gasteiger partial charge in [-0.05, 0) is 77.9 Å². The third-order valence-corrected chi connectivity index (χ3v) is 5.76. The Morgan fingerprint density at radius 3 is 0.850 bits per heavy atom. The van der Waals surface area contributed by atoms with Crippen LogP contribution in [0.5, 0.6) is 0 Å². The van der Waals surface area contributed by atoms with Gasteiger partial charge in [-0.2, -0.15) is 11.8 Å². The zero-order valence-corrected chi connectivity index (χ0v) is 30.7. The lowest BCUT2D eigenvalue weighted by atomic mass is 9.71. The maximum Gasteiger partial charge on any atom is 0.0285 e. The first-order chi connectivity index (χ1) is 17.2. The van der Waals surface area contributed by atoms with E-state index in [2.05, 4.69) is 113 Å². The molecule has 2 saturated carbocycles. The van der Waals surface area contributed by atoms with Gasteiger partial charge >= 0.3 is 0 Å². The number of hydrogen-bond acceptors (Lipinski definition) is 1. The molecule has 0 aromatic rings. The Labute approximate surface area is 262 Å². The minimum Gasteiger partial charge on any atom is -0.159 e. The van der Waals surface area contributed by atoms with Gasteiger partial charge < -0.3 is 0 Å². The third-order valence-electron chi connectivity index (χ3n) is 4.53. The Morgan fingerprint density at radius 2 is 0.850 bits per heavy atom. The van der Waals surface area contributed by atoms with Crippen molar-refractivity contribution in [2.45, 2.75) is 162 Å². The minimum absolute atomic E-state index is 0. The number of terminal acetylenes is 4. The van der Waals surface area contributed by atoms with Gasteiger partial charge in [0.05, 0.1) is 0 Å². The van der Waals surface area contributed by atoms with Crippen molar-refractivity contribution in [3.63, 3.8) is 0 Å². The molecule has 0 radical (unpaired) electrons. The summed E-state index contributed by atoms with van der Waals surface area (Å²) in [6.45, 7) is 36.1. The van der Waals surface area contributed by atoms with Gasteiger partial charge in [0, 0.05) is 26.9 Å². The molecule has 0 aromatic heterocycles. The lowest BCUT2D eigenvalue weighted by Gasteiger charge is -2.32. The van der Waals surface area contributed by atoms with Crippen molar-refractivity contribution in [3.8, 4) is 49.4 Å². The normalized spacial score (nSPS) is 14.9. The maximum absolute atomic E-state index is 5.22. The summed E-state index contributed by atoms with van der Waals surface area (Å²) in [4.78, 5) is 0. The van der Waals surface area contributed by atoms with E-state index in [-0.39, 0.29) is 12.8 Å². The lowest BCUT2D eigenvalue weighted by molar-refractivity contribution is 0.249. The molecule has 0 N–H and O–H groups in total. The predicted octanol–water partition coefficient (Wildman–Crippen LogP) is 12.7. The molecule has 0 atom stereocenters. The van der Waals surface area contributed by atoms with Gasteiger partial charge in [0.15, 0.2) is 0 Å². The molecule has 2 aliphatic rings. The summed E-state index contributed by atoms with van der Waals surface area (Å²) < 4.78 is 0.458. The van der Waals surface area contributed by atoms with Crippen LogP contribution in [0.25, 0.3) is 0 Å². The summed E-state index contributed by atoms with van der Waals surface area (Å²) in [6, 6.07) is 0. The molecular weight excluding hydrogens is 500 g/mol. The van der Waals surface area contributed by atoms with Gasteiger partial charge in [-0.15, -0.1) is 49.4 Å². The van der Waals surface area contributed by atoms with Crippen molar-refractivity contribution < 1.29 is 0 Å². The molecule has 236 valence electrons. The van der Waals surface area contributed by atoms with Gasteiger partial charge in [0.25, 0.3) is 0 Å². The van der Waals surface area contributed by atoms with Gasteiger partial charge in [0.1, 0.15) is 0 Å². The quantitative estimate of drug-likeness (QED) is 0.259. The fourth-order valence-electron chi connectivity index (χ4n) is 1.18. The van der Waals surface area contributed by atoms with E-state index < -0.39 is 0 Å². The molecule has 1 heteroatoms. The average Bonchev–Trinajstić information content (AvgIpc) is 3.49. The van der Waals surface area contributed by atoms with Gasteiger partial charge in [-0.25, -0.2) is 0 Å². The van der Waals surface area contributed by atoms with E-state index in [0.29, 0.717) is 26.9 Å². The van der Waals surface area contributed by atoms with Gasteiger partial charge in [0.2, 0.25) is 0 Å². The summed E-state index contributed by atoms with van der Waals surface area (Å²) in [5.41, 5.74) is 1.18. The van der Waals surface area contributed by atoms with Gasteiger partial charge in [-0.1, -0.05) is 96.9 Å². The van der Waals surface area contributed by atoms with E-state index >= 15 is 0 Å². The molecule has 0 heterocycles. The highest BCUT2D eigenvalue weighted by Crippen LogP contribution is 2.43. The van der Waals surface area contributed by atoms with Gasteiger partial charge in [-0.3, -0.25) is 0 Å². The molecule has 0 aliphatic heterocycles. The molecule has 0 saturated heterocycles. The second kappa shape index (κ2) is 25.3. The maximum atomic E-state index is 5.22. The van der Waals surface area contributed by atoms with Crippen LogP contribution in [0, 0.1) is 82.9 Å².